The van der Waals surface area contributed by atoms with E-state index in [1.54, 1.807) is 18.2 Å². The summed E-state index contributed by atoms with van der Waals surface area (Å²) in [6, 6.07) is 14.7. The quantitative estimate of drug-likeness (QED) is 0.946. The minimum absolute atomic E-state index is 0.00830. The lowest BCUT2D eigenvalue weighted by atomic mass is 9.92. The lowest BCUT2D eigenvalue weighted by molar-refractivity contribution is 0.0620. The normalized spacial score (nSPS) is 15.5. The van der Waals surface area contributed by atoms with Crippen molar-refractivity contribution in [2.45, 2.75) is 32.4 Å². The van der Waals surface area contributed by atoms with Crippen LogP contribution >= 0.6 is 0 Å². The van der Waals surface area contributed by atoms with Crippen LogP contribution < -0.4 is 10.1 Å². The third-order valence-corrected chi connectivity index (χ3v) is 3.81. The molecular formula is C19H19NO3. The number of Topliss-reactive ketones (excluding diaryl/α,β-unsaturated/α-hetero) is 1. The fraction of sp³-hybridized carbons (Fsp3) is 0.263. The molecule has 0 aliphatic carbocycles. The van der Waals surface area contributed by atoms with Crippen LogP contribution in [0, 0.1) is 0 Å². The van der Waals surface area contributed by atoms with Crippen LogP contribution in [0.1, 0.15) is 46.5 Å². The Bertz CT molecular complexity index is 750. The Morgan fingerprint density at radius 1 is 1.17 bits per heavy atom. The monoisotopic (exact) mass is 309 g/mol. The Kier molecular flexibility index (Phi) is 3.90. The van der Waals surface area contributed by atoms with E-state index in [0.29, 0.717) is 29.8 Å². The minimum atomic E-state index is -0.499. The van der Waals surface area contributed by atoms with Crippen molar-refractivity contribution in [3.63, 3.8) is 0 Å². The number of ketones is 1. The molecule has 0 radical (unpaired) electrons. The number of hydrogen-bond acceptors (Lipinski definition) is 3. The molecule has 0 bridgehead atoms. The molecule has 118 valence electrons. The zero-order valence-corrected chi connectivity index (χ0v) is 13.3. The van der Waals surface area contributed by atoms with E-state index in [2.05, 4.69) is 5.32 Å². The zero-order chi connectivity index (χ0) is 16.4. The largest absolute Gasteiger partial charge is 0.487 e. The maximum absolute atomic E-state index is 12.3. The summed E-state index contributed by atoms with van der Waals surface area (Å²) in [7, 11) is 0. The lowest BCUT2D eigenvalue weighted by Gasteiger charge is -2.31. The molecule has 1 aliphatic rings. The summed E-state index contributed by atoms with van der Waals surface area (Å²) in [6.07, 6.45) is 0.315. The maximum atomic E-state index is 12.3. The van der Waals surface area contributed by atoms with E-state index in [-0.39, 0.29) is 11.7 Å². The van der Waals surface area contributed by atoms with Gasteiger partial charge in [0.05, 0.1) is 12.0 Å². The van der Waals surface area contributed by atoms with Crippen LogP contribution in [0.4, 0.5) is 0 Å². The first-order valence-corrected chi connectivity index (χ1v) is 7.63. The highest BCUT2D eigenvalue weighted by Gasteiger charge is 2.32. The van der Waals surface area contributed by atoms with Crippen LogP contribution in [-0.4, -0.2) is 17.3 Å². The molecule has 0 fully saturated rings. The summed E-state index contributed by atoms with van der Waals surface area (Å²) in [6.45, 7) is 4.22. The van der Waals surface area contributed by atoms with E-state index in [4.69, 9.17) is 4.74 Å². The fourth-order valence-corrected chi connectivity index (χ4v) is 2.67. The Morgan fingerprint density at radius 3 is 2.65 bits per heavy atom. The van der Waals surface area contributed by atoms with Gasteiger partial charge in [-0.15, -0.1) is 0 Å². The average molecular weight is 309 g/mol. The Hall–Kier alpha value is -2.62. The maximum Gasteiger partial charge on any atom is 0.251 e. The molecule has 23 heavy (non-hydrogen) atoms. The molecule has 0 saturated heterocycles. The van der Waals surface area contributed by atoms with Crippen LogP contribution in [-0.2, 0) is 6.54 Å². The molecule has 0 unspecified atom stereocenters. The number of amides is 1. The van der Waals surface area contributed by atoms with E-state index in [1.807, 2.05) is 44.2 Å². The van der Waals surface area contributed by atoms with Crippen molar-refractivity contribution in [2.75, 3.05) is 0 Å². The van der Waals surface area contributed by atoms with E-state index < -0.39 is 5.60 Å². The highest BCUT2D eigenvalue weighted by molar-refractivity contribution is 6.03. The molecule has 2 aromatic carbocycles. The molecule has 1 amide bonds. The van der Waals surface area contributed by atoms with Gasteiger partial charge in [0.2, 0.25) is 0 Å². The Labute approximate surface area is 135 Å². The number of nitrogens with one attached hydrogen (secondary N) is 1. The van der Waals surface area contributed by atoms with Gasteiger partial charge in [0.25, 0.3) is 5.91 Å². The highest BCUT2D eigenvalue weighted by atomic mass is 16.5. The molecule has 1 heterocycles. The SMILES string of the molecule is CC1(C)CC(=O)c2cc(C(=O)NCc3ccccc3)ccc2O1. The Balaban J connectivity index is 1.75. The number of benzene rings is 2. The summed E-state index contributed by atoms with van der Waals surface area (Å²) in [5, 5.41) is 2.86. The number of hydrogen-bond donors (Lipinski definition) is 1. The number of ether oxygens (including phenoxy) is 1. The van der Waals surface area contributed by atoms with Gasteiger partial charge in [-0.3, -0.25) is 9.59 Å². The van der Waals surface area contributed by atoms with Gasteiger partial charge in [0.15, 0.2) is 5.78 Å². The smallest absolute Gasteiger partial charge is 0.251 e. The van der Waals surface area contributed by atoms with Gasteiger partial charge in [-0.05, 0) is 37.6 Å². The third kappa shape index (κ3) is 3.42. The first-order valence-electron chi connectivity index (χ1n) is 7.63. The number of carbonyl (C=O) groups excluding carboxylic acids is 2. The lowest BCUT2D eigenvalue weighted by Crippen LogP contribution is -2.36. The predicted molar refractivity (Wildman–Crippen MR) is 87.7 cm³/mol. The van der Waals surface area contributed by atoms with Crippen LogP contribution in [0.3, 0.4) is 0 Å². The fourth-order valence-electron chi connectivity index (χ4n) is 2.67. The highest BCUT2D eigenvalue weighted by Crippen LogP contribution is 2.33. The molecular weight excluding hydrogens is 290 g/mol. The van der Waals surface area contributed by atoms with Crippen molar-refractivity contribution in [2.24, 2.45) is 0 Å². The predicted octanol–water partition coefficient (Wildman–Crippen LogP) is 3.36. The van der Waals surface area contributed by atoms with E-state index in [0.717, 1.165) is 5.56 Å². The summed E-state index contributed by atoms with van der Waals surface area (Å²) in [4.78, 5) is 24.5. The van der Waals surface area contributed by atoms with Gasteiger partial charge >= 0.3 is 0 Å². The van der Waals surface area contributed by atoms with Crippen LogP contribution in [0.25, 0.3) is 0 Å². The number of carbonyl (C=O) groups is 2. The van der Waals surface area contributed by atoms with Crippen LogP contribution in [0.2, 0.25) is 0 Å². The molecule has 2 aromatic rings. The van der Waals surface area contributed by atoms with Crippen molar-refractivity contribution in [1.29, 1.82) is 0 Å². The summed E-state index contributed by atoms with van der Waals surface area (Å²) in [5.74, 6) is 0.356. The van der Waals surface area contributed by atoms with Gasteiger partial charge < -0.3 is 10.1 Å². The zero-order valence-electron chi connectivity index (χ0n) is 13.3. The van der Waals surface area contributed by atoms with Crippen molar-refractivity contribution in [3.05, 3.63) is 65.2 Å². The third-order valence-electron chi connectivity index (χ3n) is 3.81. The number of fused-ring (bicyclic) bond motifs is 1. The second-order valence-corrected chi connectivity index (χ2v) is 6.34. The molecule has 0 aromatic heterocycles. The molecule has 0 atom stereocenters. The standard InChI is InChI=1S/C19H19NO3/c1-19(2)11-16(21)15-10-14(8-9-17(15)23-19)18(22)20-12-13-6-4-3-5-7-13/h3-10H,11-12H2,1-2H3,(H,20,22). The average Bonchev–Trinajstić information content (AvgIpc) is 2.52. The van der Waals surface area contributed by atoms with Crippen molar-refractivity contribution in [1.82, 2.24) is 5.32 Å². The van der Waals surface area contributed by atoms with Crippen LogP contribution in [0.5, 0.6) is 5.75 Å². The second kappa shape index (κ2) is 5.88. The molecule has 3 rings (SSSR count). The van der Waals surface area contributed by atoms with E-state index in [9.17, 15) is 9.59 Å². The first-order chi connectivity index (χ1) is 10.9. The molecule has 1 aliphatic heterocycles. The van der Waals surface area contributed by atoms with E-state index in [1.165, 1.54) is 0 Å². The summed E-state index contributed by atoms with van der Waals surface area (Å²) in [5.41, 5.74) is 1.48. The first kappa shape index (κ1) is 15.3. The topological polar surface area (TPSA) is 55.4 Å². The van der Waals surface area contributed by atoms with Gasteiger partial charge in [-0.2, -0.15) is 0 Å². The molecule has 4 nitrogen and oxygen atoms in total. The van der Waals surface area contributed by atoms with Gasteiger partial charge in [0.1, 0.15) is 11.4 Å². The van der Waals surface area contributed by atoms with Crippen molar-refractivity contribution < 1.29 is 14.3 Å². The molecule has 4 heteroatoms. The summed E-state index contributed by atoms with van der Waals surface area (Å²) < 4.78 is 5.80. The minimum Gasteiger partial charge on any atom is -0.487 e. The van der Waals surface area contributed by atoms with Crippen molar-refractivity contribution >= 4 is 11.7 Å². The molecule has 0 spiro atoms. The van der Waals surface area contributed by atoms with Gasteiger partial charge in [0, 0.05) is 12.1 Å². The van der Waals surface area contributed by atoms with Crippen LogP contribution in [0.15, 0.2) is 48.5 Å². The van der Waals surface area contributed by atoms with Gasteiger partial charge in [-0.1, -0.05) is 30.3 Å². The van der Waals surface area contributed by atoms with Crippen molar-refractivity contribution in [3.8, 4) is 5.75 Å². The summed E-state index contributed by atoms with van der Waals surface area (Å²) >= 11 is 0. The molecule has 0 saturated carbocycles. The Morgan fingerprint density at radius 2 is 1.91 bits per heavy atom. The number of rotatable bonds is 3. The second-order valence-electron chi connectivity index (χ2n) is 6.34. The molecule has 1 N–H and O–H groups in total. The van der Waals surface area contributed by atoms with E-state index >= 15 is 0 Å². The van der Waals surface area contributed by atoms with Gasteiger partial charge in [-0.25, -0.2) is 0 Å².